The van der Waals surface area contributed by atoms with Crippen molar-refractivity contribution in [2.45, 2.75) is 58.8 Å². The van der Waals surface area contributed by atoms with Crippen LogP contribution in [0.1, 0.15) is 39.7 Å². The van der Waals surface area contributed by atoms with Gasteiger partial charge in [0.2, 0.25) is 5.88 Å². The smallest absolute Gasteiger partial charge is 0.412 e. The summed E-state index contributed by atoms with van der Waals surface area (Å²) in [7, 11) is 1.53. The quantitative estimate of drug-likeness (QED) is 0.187. The Hall–Kier alpha value is -4.76. The molecule has 4 aromatic heterocycles. The second-order valence-electron chi connectivity index (χ2n) is 10.9. The molecule has 15 heteroatoms. The minimum absolute atomic E-state index is 0.106. The summed E-state index contributed by atoms with van der Waals surface area (Å²) in [6, 6.07) is 5.20. The number of rotatable bonds is 11. The van der Waals surface area contributed by atoms with E-state index in [0.29, 0.717) is 38.7 Å². The number of fused-ring (bicyclic) bond motifs is 2. The molecular weight excluding hydrogens is 605 g/mol. The van der Waals surface area contributed by atoms with Crippen molar-refractivity contribution in [2.75, 3.05) is 19.0 Å². The number of hydrogen-bond donors (Lipinski definition) is 2. The minimum atomic E-state index is -0.870. The Bertz CT molecular complexity index is 1830. The molecule has 45 heavy (non-hydrogen) atoms. The van der Waals surface area contributed by atoms with E-state index in [0.717, 1.165) is 11.1 Å². The van der Waals surface area contributed by atoms with E-state index < -0.39 is 29.7 Å². The lowest BCUT2D eigenvalue weighted by Crippen LogP contribution is -2.33. The highest BCUT2D eigenvalue weighted by atomic mass is 32.1. The van der Waals surface area contributed by atoms with Crippen molar-refractivity contribution >= 4 is 44.5 Å². The molecule has 0 aliphatic rings. The highest BCUT2D eigenvalue weighted by molar-refractivity contribution is 7.21. The van der Waals surface area contributed by atoms with Crippen molar-refractivity contribution in [2.24, 2.45) is 0 Å². The van der Waals surface area contributed by atoms with Gasteiger partial charge in [-0.2, -0.15) is 4.98 Å². The number of aryl methyl sites for hydroxylation is 1. The maximum Gasteiger partial charge on any atom is 0.412 e. The summed E-state index contributed by atoms with van der Waals surface area (Å²) in [5.74, 6) is -0.552. The lowest BCUT2D eigenvalue weighted by atomic mass is 10.1. The molecule has 0 saturated carbocycles. The molecule has 0 fully saturated rings. The molecule has 4 heterocycles. The van der Waals surface area contributed by atoms with Gasteiger partial charge in [0.1, 0.15) is 27.6 Å². The number of benzene rings is 1. The topological polar surface area (TPSA) is 164 Å². The third-order valence-corrected chi connectivity index (χ3v) is 7.58. The Morgan fingerprint density at radius 3 is 2.51 bits per heavy atom. The zero-order chi connectivity index (χ0) is 32.3. The van der Waals surface area contributed by atoms with Crippen LogP contribution in [-0.4, -0.2) is 72.6 Å². The van der Waals surface area contributed by atoms with E-state index in [1.165, 1.54) is 43.1 Å². The van der Waals surface area contributed by atoms with Crippen molar-refractivity contribution < 1.29 is 33.2 Å². The Morgan fingerprint density at radius 1 is 1.04 bits per heavy atom. The first kappa shape index (κ1) is 31.7. The Balaban J connectivity index is 1.23. The first-order chi connectivity index (χ1) is 21.4. The van der Waals surface area contributed by atoms with Gasteiger partial charge < -0.3 is 24.1 Å². The number of thiazole rings is 1. The van der Waals surface area contributed by atoms with Crippen molar-refractivity contribution in [3.8, 4) is 28.3 Å². The van der Waals surface area contributed by atoms with E-state index in [1.54, 1.807) is 27.7 Å². The van der Waals surface area contributed by atoms with E-state index in [4.69, 9.17) is 18.9 Å². The van der Waals surface area contributed by atoms with Gasteiger partial charge in [0.15, 0.2) is 5.82 Å². The predicted molar refractivity (Wildman–Crippen MR) is 165 cm³/mol. The van der Waals surface area contributed by atoms with Crippen molar-refractivity contribution in [1.29, 1.82) is 0 Å². The molecule has 13 nitrogen and oxygen atoms in total. The molecule has 0 aliphatic carbocycles. The summed E-state index contributed by atoms with van der Waals surface area (Å²) in [4.78, 5) is 38.9. The number of halogens is 1. The normalized spacial score (nSPS) is 13.0. The highest BCUT2D eigenvalue weighted by Gasteiger charge is 2.23. The molecule has 236 valence electrons. The van der Waals surface area contributed by atoms with Gasteiger partial charge in [-0.25, -0.2) is 34.1 Å². The molecule has 5 aromatic rings. The van der Waals surface area contributed by atoms with E-state index in [1.807, 2.05) is 19.1 Å². The van der Waals surface area contributed by atoms with E-state index in [2.05, 4.69) is 35.2 Å². The average molecular weight is 638 g/mol. The van der Waals surface area contributed by atoms with Crippen LogP contribution in [0.4, 0.5) is 14.9 Å². The van der Waals surface area contributed by atoms with E-state index in [-0.39, 0.29) is 24.2 Å². The van der Waals surface area contributed by atoms with Crippen LogP contribution >= 0.6 is 11.3 Å². The van der Waals surface area contributed by atoms with Gasteiger partial charge in [0.25, 0.3) is 5.88 Å². The summed E-state index contributed by atoms with van der Waals surface area (Å²) >= 11 is 1.27. The van der Waals surface area contributed by atoms with Gasteiger partial charge in [0.05, 0.1) is 54.6 Å². The van der Waals surface area contributed by atoms with Gasteiger partial charge in [-0.1, -0.05) is 11.3 Å². The number of methoxy groups -OCH3 is 1. The van der Waals surface area contributed by atoms with Crippen molar-refractivity contribution in [3.05, 3.63) is 48.2 Å². The van der Waals surface area contributed by atoms with Crippen LogP contribution in [0.5, 0.6) is 17.8 Å². The number of amides is 1. The molecule has 0 saturated heterocycles. The van der Waals surface area contributed by atoms with Crippen LogP contribution < -0.4 is 19.5 Å². The highest BCUT2D eigenvalue weighted by Crippen LogP contribution is 2.35. The SMILES string of the molecule is COc1cnc2c(-c3nc4cc(F)c(O[C@@H](C)[C@@H](C)OC(=O)Nc5cnc(OCCC(C)(C)O)nc5)nc4s3)cc(C)cc2n1. The third-order valence-electron chi connectivity index (χ3n) is 6.58. The summed E-state index contributed by atoms with van der Waals surface area (Å²) in [5.41, 5.74) is 2.75. The van der Waals surface area contributed by atoms with Gasteiger partial charge in [0, 0.05) is 18.1 Å². The fourth-order valence-electron chi connectivity index (χ4n) is 4.06. The Labute approximate surface area is 261 Å². The minimum Gasteiger partial charge on any atom is -0.480 e. The third kappa shape index (κ3) is 7.85. The summed E-state index contributed by atoms with van der Waals surface area (Å²) in [6.07, 6.45) is 2.34. The number of ether oxygens (including phenoxy) is 4. The zero-order valence-electron chi connectivity index (χ0n) is 25.5. The lowest BCUT2D eigenvalue weighted by molar-refractivity contribution is 0.0379. The number of anilines is 1. The Morgan fingerprint density at radius 2 is 1.80 bits per heavy atom. The number of aromatic nitrogens is 6. The number of aliphatic hydroxyl groups is 1. The fourth-order valence-corrected chi connectivity index (χ4v) is 4.99. The van der Waals surface area contributed by atoms with Crippen molar-refractivity contribution in [3.63, 3.8) is 0 Å². The van der Waals surface area contributed by atoms with Crippen LogP contribution in [-0.2, 0) is 4.74 Å². The molecule has 1 aromatic carbocycles. The second kappa shape index (κ2) is 13.1. The van der Waals surface area contributed by atoms with Crippen LogP contribution in [0.25, 0.3) is 32.0 Å². The predicted octanol–water partition coefficient (Wildman–Crippen LogP) is 5.49. The number of carbonyl (C=O) groups is 1. The number of carbonyl (C=O) groups excluding carboxylic acids is 1. The summed E-state index contributed by atoms with van der Waals surface area (Å²) < 4.78 is 36.8. The molecule has 5 rings (SSSR count). The standard InChI is InChI=1S/C30H32FN7O6S/c1-15-9-19(24-21(10-15)36-23(41-6)14-32-24)26-37-22-11-20(31)25(38-27(22)45-26)43-16(2)17(3)44-29(39)35-18-12-33-28(34-13-18)42-8-7-30(4,5)40/h9-14,16-17,40H,7-8H2,1-6H3,(H,35,39)/t16-,17+/m0/s1. The number of nitrogens with one attached hydrogen (secondary N) is 1. The summed E-state index contributed by atoms with van der Waals surface area (Å²) in [5, 5.41) is 12.9. The maximum absolute atomic E-state index is 15.1. The molecule has 2 N–H and O–H groups in total. The van der Waals surface area contributed by atoms with Crippen LogP contribution in [0.15, 0.2) is 36.8 Å². The van der Waals surface area contributed by atoms with Gasteiger partial charge >= 0.3 is 12.1 Å². The van der Waals surface area contributed by atoms with E-state index >= 15 is 4.39 Å². The summed E-state index contributed by atoms with van der Waals surface area (Å²) in [6.45, 7) is 8.76. The maximum atomic E-state index is 15.1. The average Bonchev–Trinajstić information content (AvgIpc) is 3.39. The molecule has 1 amide bonds. The second-order valence-corrected chi connectivity index (χ2v) is 11.9. The molecule has 0 radical (unpaired) electrons. The molecule has 2 atom stereocenters. The molecule has 0 unspecified atom stereocenters. The molecule has 0 spiro atoms. The Kier molecular flexibility index (Phi) is 9.20. The molecule has 0 aliphatic heterocycles. The fraction of sp³-hybridized carbons (Fsp3) is 0.367. The molecular formula is C30H32FN7O6S. The van der Waals surface area contributed by atoms with Crippen LogP contribution in [0, 0.1) is 12.7 Å². The zero-order valence-corrected chi connectivity index (χ0v) is 26.3. The number of hydrogen-bond acceptors (Lipinski definition) is 13. The largest absolute Gasteiger partial charge is 0.480 e. The van der Waals surface area contributed by atoms with Crippen LogP contribution in [0.2, 0.25) is 0 Å². The van der Waals surface area contributed by atoms with Crippen molar-refractivity contribution in [1.82, 2.24) is 29.9 Å². The monoisotopic (exact) mass is 637 g/mol. The number of pyridine rings is 1. The first-order valence-electron chi connectivity index (χ1n) is 14.0. The van der Waals surface area contributed by atoms with Crippen LogP contribution in [0.3, 0.4) is 0 Å². The number of nitrogens with zero attached hydrogens (tertiary/aromatic N) is 6. The van der Waals surface area contributed by atoms with E-state index in [9.17, 15) is 9.90 Å². The first-order valence-corrected chi connectivity index (χ1v) is 14.8. The van der Waals surface area contributed by atoms with Gasteiger partial charge in [-0.15, -0.1) is 0 Å². The lowest BCUT2D eigenvalue weighted by Gasteiger charge is -2.21. The van der Waals surface area contributed by atoms with Gasteiger partial charge in [-0.3, -0.25) is 5.32 Å². The molecule has 0 bridgehead atoms. The van der Waals surface area contributed by atoms with Gasteiger partial charge in [-0.05, 0) is 52.3 Å².